The normalized spacial score (nSPS) is 26.4. The number of nitrogens with zero attached hydrogens (tertiary/aromatic N) is 1. The number of carboxylic acid groups (broad SMARTS) is 1. The Kier molecular flexibility index (Phi) is 6.17. The predicted molar refractivity (Wildman–Crippen MR) is 120 cm³/mol. The van der Waals surface area contributed by atoms with Gasteiger partial charge >= 0.3 is 5.97 Å². The monoisotopic (exact) mass is 518 g/mol. The fraction of sp³-hybridized carbons (Fsp3) is 0.348. The minimum absolute atomic E-state index is 0.0228. The number of ether oxygens (including phenoxy) is 2. The molecule has 2 aliphatic rings. The van der Waals surface area contributed by atoms with Gasteiger partial charge in [-0.15, -0.1) is 0 Å². The Labute approximate surface area is 198 Å². The largest absolute Gasteiger partial charge is 0.493 e. The van der Waals surface area contributed by atoms with Gasteiger partial charge in [0.1, 0.15) is 0 Å². The lowest BCUT2D eigenvalue weighted by atomic mass is 9.79. The number of benzene rings is 2. The van der Waals surface area contributed by atoms with Crippen molar-refractivity contribution in [1.29, 1.82) is 0 Å². The number of amides is 2. The minimum Gasteiger partial charge on any atom is -0.493 e. The summed E-state index contributed by atoms with van der Waals surface area (Å²) in [6.07, 6.45) is 0. The van der Waals surface area contributed by atoms with Gasteiger partial charge in [0.15, 0.2) is 17.0 Å². The van der Waals surface area contributed by atoms with Crippen molar-refractivity contribution in [2.45, 2.75) is 18.1 Å². The SMILES string of the molecule is COc1cc(C2NC(CO)(C(=O)O)C3C(=O)N(Cc4ccccc4)C(=O)C23)cc(Br)c1OC. The first-order chi connectivity index (χ1) is 15.8. The lowest BCUT2D eigenvalue weighted by Gasteiger charge is -2.29. The fourth-order valence-electron chi connectivity index (χ4n) is 4.80. The summed E-state index contributed by atoms with van der Waals surface area (Å²) in [6, 6.07) is 11.4. The molecule has 2 heterocycles. The summed E-state index contributed by atoms with van der Waals surface area (Å²) in [7, 11) is 2.94. The van der Waals surface area contributed by atoms with Crippen LogP contribution in [0.1, 0.15) is 17.2 Å². The van der Waals surface area contributed by atoms with Gasteiger partial charge in [-0.05, 0) is 39.2 Å². The van der Waals surface area contributed by atoms with Gasteiger partial charge in [0.2, 0.25) is 11.8 Å². The summed E-state index contributed by atoms with van der Waals surface area (Å²) in [5, 5.41) is 23.1. The van der Waals surface area contributed by atoms with Crippen LogP contribution < -0.4 is 14.8 Å². The average Bonchev–Trinajstić information content (AvgIpc) is 3.29. The molecular formula is C23H23BrN2O7. The van der Waals surface area contributed by atoms with Gasteiger partial charge in [-0.3, -0.25) is 24.6 Å². The number of hydrogen-bond donors (Lipinski definition) is 3. The van der Waals surface area contributed by atoms with Gasteiger partial charge in [-0.25, -0.2) is 0 Å². The first-order valence-electron chi connectivity index (χ1n) is 10.2. The van der Waals surface area contributed by atoms with E-state index in [2.05, 4.69) is 21.2 Å². The first kappa shape index (κ1) is 23.2. The van der Waals surface area contributed by atoms with Gasteiger partial charge < -0.3 is 19.7 Å². The molecule has 0 aromatic heterocycles. The number of carboxylic acids is 1. The van der Waals surface area contributed by atoms with E-state index < -0.39 is 47.8 Å². The van der Waals surface area contributed by atoms with E-state index in [1.165, 1.54) is 14.2 Å². The molecule has 2 amide bonds. The summed E-state index contributed by atoms with van der Waals surface area (Å²) in [6.45, 7) is -0.832. The molecule has 4 unspecified atom stereocenters. The molecule has 3 N–H and O–H groups in total. The van der Waals surface area contributed by atoms with Crippen LogP contribution in [0, 0.1) is 11.8 Å². The highest BCUT2D eigenvalue weighted by atomic mass is 79.9. The molecule has 174 valence electrons. The van der Waals surface area contributed by atoms with Crippen LogP contribution in [-0.2, 0) is 20.9 Å². The van der Waals surface area contributed by atoms with Crippen molar-refractivity contribution in [2.24, 2.45) is 11.8 Å². The van der Waals surface area contributed by atoms with E-state index in [9.17, 15) is 24.6 Å². The summed E-state index contributed by atoms with van der Waals surface area (Å²) in [5.41, 5.74) is -0.746. The number of hydrogen-bond acceptors (Lipinski definition) is 7. The van der Waals surface area contributed by atoms with E-state index in [4.69, 9.17) is 9.47 Å². The Morgan fingerprint density at radius 3 is 2.42 bits per heavy atom. The molecule has 33 heavy (non-hydrogen) atoms. The number of carbonyl (C=O) groups excluding carboxylic acids is 2. The van der Waals surface area contributed by atoms with Crippen molar-refractivity contribution in [1.82, 2.24) is 10.2 Å². The van der Waals surface area contributed by atoms with Crippen LogP contribution in [-0.4, -0.2) is 59.3 Å². The third kappa shape index (κ3) is 3.58. The second kappa shape index (κ2) is 8.77. The molecular weight excluding hydrogens is 496 g/mol. The smallest absolute Gasteiger partial charge is 0.327 e. The Morgan fingerprint density at radius 1 is 1.15 bits per heavy atom. The number of aliphatic hydroxyl groups excluding tert-OH is 1. The predicted octanol–water partition coefficient (Wildman–Crippen LogP) is 1.73. The lowest BCUT2D eigenvalue weighted by Crippen LogP contribution is -2.58. The van der Waals surface area contributed by atoms with Crippen LogP contribution in [0.3, 0.4) is 0 Å². The van der Waals surface area contributed by atoms with Gasteiger partial charge in [-0.2, -0.15) is 0 Å². The Hall–Kier alpha value is -2.95. The molecule has 0 aliphatic carbocycles. The Balaban J connectivity index is 1.81. The zero-order valence-corrected chi connectivity index (χ0v) is 19.5. The van der Waals surface area contributed by atoms with E-state index in [1.54, 1.807) is 36.4 Å². The molecule has 10 heteroatoms. The average molecular weight is 519 g/mol. The van der Waals surface area contributed by atoms with Gasteiger partial charge in [-0.1, -0.05) is 30.3 Å². The highest BCUT2D eigenvalue weighted by Crippen LogP contribution is 2.50. The maximum Gasteiger partial charge on any atom is 0.327 e. The second-order valence-electron chi connectivity index (χ2n) is 8.05. The number of aliphatic hydroxyl groups is 1. The maximum absolute atomic E-state index is 13.5. The van der Waals surface area contributed by atoms with Crippen molar-refractivity contribution >= 4 is 33.7 Å². The van der Waals surface area contributed by atoms with E-state index >= 15 is 0 Å². The zero-order valence-electron chi connectivity index (χ0n) is 17.9. The van der Waals surface area contributed by atoms with Crippen molar-refractivity contribution in [3.8, 4) is 11.5 Å². The van der Waals surface area contributed by atoms with Gasteiger partial charge in [0.25, 0.3) is 0 Å². The number of likely N-dealkylation sites (tertiary alicyclic amines) is 1. The number of halogens is 1. The Bertz CT molecular complexity index is 1110. The third-order valence-corrected chi connectivity index (χ3v) is 6.96. The number of rotatable bonds is 7. The highest BCUT2D eigenvalue weighted by Gasteiger charge is 2.68. The molecule has 4 rings (SSSR count). The lowest BCUT2D eigenvalue weighted by molar-refractivity contribution is -0.153. The molecule has 2 aromatic carbocycles. The van der Waals surface area contributed by atoms with E-state index in [1.807, 2.05) is 6.07 Å². The topological polar surface area (TPSA) is 125 Å². The van der Waals surface area contributed by atoms with Gasteiger partial charge in [0.05, 0.1) is 43.7 Å². The number of fused-ring (bicyclic) bond motifs is 1. The summed E-state index contributed by atoms with van der Waals surface area (Å²) in [4.78, 5) is 40.3. The number of imide groups is 1. The molecule has 2 fully saturated rings. The highest BCUT2D eigenvalue weighted by molar-refractivity contribution is 9.10. The maximum atomic E-state index is 13.5. The van der Waals surface area contributed by atoms with Crippen LogP contribution in [0.2, 0.25) is 0 Å². The Morgan fingerprint density at radius 2 is 1.85 bits per heavy atom. The second-order valence-corrected chi connectivity index (χ2v) is 8.90. The molecule has 0 radical (unpaired) electrons. The molecule has 2 aliphatic heterocycles. The minimum atomic E-state index is -2.01. The van der Waals surface area contributed by atoms with Gasteiger partial charge in [0, 0.05) is 6.04 Å². The quantitative estimate of drug-likeness (QED) is 0.473. The molecule has 0 bridgehead atoms. The molecule has 2 aromatic rings. The number of methoxy groups -OCH3 is 2. The van der Waals surface area contributed by atoms with Crippen LogP contribution in [0.5, 0.6) is 11.5 Å². The molecule has 2 saturated heterocycles. The summed E-state index contributed by atoms with van der Waals surface area (Å²) in [5.74, 6) is -4.00. The standard InChI is InChI=1S/C23H23BrN2O7/c1-32-15-9-13(8-14(24)19(15)33-2)18-16-17(23(11-27,25-18)22(30)31)21(29)26(20(16)28)10-12-6-4-3-5-7-12/h3-9,16-18,25,27H,10-11H2,1-2H3,(H,30,31). The number of nitrogens with one attached hydrogen (secondary N) is 1. The molecule has 0 spiro atoms. The summed E-state index contributed by atoms with van der Waals surface area (Å²) < 4.78 is 11.3. The van der Waals surface area contributed by atoms with Crippen molar-refractivity contribution in [2.75, 3.05) is 20.8 Å². The summed E-state index contributed by atoms with van der Waals surface area (Å²) >= 11 is 3.42. The van der Waals surface area contributed by atoms with Crippen LogP contribution >= 0.6 is 15.9 Å². The van der Waals surface area contributed by atoms with Crippen LogP contribution in [0.4, 0.5) is 0 Å². The van der Waals surface area contributed by atoms with Crippen molar-refractivity contribution in [3.63, 3.8) is 0 Å². The van der Waals surface area contributed by atoms with Crippen molar-refractivity contribution < 1.29 is 34.1 Å². The van der Waals surface area contributed by atoms with Crippen LogP contribution in [0.25, 0.3) is 0 Å². The molecule has 4 atom stereocenters. The van der Waals surface area contributed by atoms with E-state index in [0.717, 1.165) is 10.5 Å². The van der Waals surface area contributed by atoms with E-state index in [-0.39, 0.29) is 6.54 Å². The number of aliphatic carboxylic acids is 1. The number of carbonyl (C=O) groups is 3. The third-order valence-electron chi connectivity index (χ3n) is 6.38. The fourth-order valence-corrected chi connectivity index (χ4v) is 5.42. The zero-order chi connectivity index (χ0) is 23.9. The van der Waals surface area contributed by atoms with Crippen molar-refractivity contribution in [3.05, 3.63) is 58.1 Å². The molecule has 0 saturated carbocycles. The molecule has 9 nitrogen and oxygen atoms in total. The van der Waals surface area contributed by atoms with E-state index in [0.29, 0.717) is 21.5 Å². The van der Waals surface area contributed by atoms with Crippen LogP contribution in [0.15, 0.2) is 46.9 Å². The first-order valence-corrected chi connectivity index (χ1v) is 11.0.